The average Bonchev–Trinajstić information content (AvgIpc) is 3.44. The van der Waals surface area contributed by atoms with Crippen molar-refractivity contribution >= 4 is 92.5 Å². The summed E-state index contributed by atoms with van der Waals surface area (Å²) < 4.78 is 0. The second-order valence-corrected chi connectivity index (χ2v) is 22.4. The quantitative estimate of drug-likeness (QED) is 0.147. The van der Waals surface area contributed by atoms with E-state index in [-0.39, 0.29) is 0 Å². The molecule has 14 rings (SSSR count). The van der Waals surface area contributed by atoms with E-state index in [9.17, 15) is 0 Å². The van der Waals surface area contributed by atoms with Gasteiger partial charge in [-0.2, -0.15) is 0 Å². The van der Waals surface area contributed by atoms with Gasteiger partial charge in [0.25, 0.3) is 0 Å². The summed E-state index contributed by atoms with van der Waals surface area (Å²) in [6, 6.07) is 87.9. The molecule has 72 heavy (non-hydrogen) atoms. The van der Waals surface area contributed by atoms with Crippen LogP contribution in [0.4, 0.5) is 45.5 Å². The highest BCUT2D eigenvalue weighted by Gasteiger charge is 2.29. The van der Waals surface area contributed by atoms with Crippen molar-refractivity contribution in [2.24, 2.45) is 0 Å². The van der Waals surface area contributed by atoms with Crippen LogP contribution >= 0.6 is 47.0 Å². The van der Waals surface area contributed by atoms with E-state index in [4.69, 9.17) is 0 Å². The second kappa shape index (κ2) is 19.8. The van der Waals surface area contributed by atoms with E-state index in [1.807, 2.05) is 47.0 Å². The third-order valence-electron chi connectivity index (χ3n) is 13.7. The first-order valence-electron chi connectivity index (χ1n) is 24.4. The van der Waals surface area contributed by atoms with Gasteiger partial charge >= 0.3 is 0 Å². The number of anilines is 8. The molecule has 0 fully saturated rings. The van der Waals surface area contributed by atoms with Crippen LogP contribution in [-0.2, 0) is 26.2 Å². The lowest BCUT2D eigenvalue weighted by atomic mass is 10.0. The lowest BCUT2D eigenvalue weighted by molar-refractivity contribution is 0.881. The fraction of sp³-hybridized carbons (Fsp3) is 0.0625. The summed E-state index contributed by atoms with van der Waals surface area (Å²) >= 11 is 7.45. The third kappa shape index (κ3) is 8.62. The monoisotopic (exact) mass is 1000 g/mol. The van der Waals surface area contributed by atoms with Gasteiger partial charge in [-0.05, 0) is 119 Å². The first-order chi connectivity index (χ1) is 35.7. The molecule has 0 saturated heterocycles. The van der Waals surface area contributed by atoms with Crippen molar-refractivity contribution in [3.63, 3.8) is 0 Å². The summed E-state index contributed by atoms with van der Waals surface area (Å²) in [4.78, 5) is 20.4. The Kier molecular flexibility index (Phi) is 12.3. The van der Waals surface area contributed by atoms with Crippen molar-refractivity contribution < 1.29 is 0 Å². The molecule has 0 radical (unpaired) electrons. The molecule has 4 aliphatic rings. The molecule has 4 heterocycles. The maximum Gasteiger partial charge on any atom is 0.0556 e. The fourth-order valence-corrected chi connectivity index (χ4v) is 14.6. The number of para-hydroxylation sites is 8. The van der Waals surface area contributed by atoms with E-state index in [1.54, 1.807) is 0 Å². The van der Waals surface area contributed by atoms with Crippen LogP contribution in [0.3, 0.4) is 0 Å². The molecule has 0 atom stereocenters. The number of hydrogen-bond donors (Lipinski definition) is 0. The molecule has 8 heteroatoms. The van der Waals surface area contributed by atoms with Gasteiger partial charge in [0.05, 0.1) is 45.5 Å². The van der Waals surface area contributed by atoms with Gasteiger partial charge in [-0.3, -0.25) is 0 Å². The number of rotatable bonds is 8. The van der Waals surface area contributed by atoms with Crippen LogP contribution in [0.25, 0.3) is 0 Å². The average molecular weight is 1000 g/mol. The molecule has 0 saturated carbocycles. The molecular formula is C64H48N4S4. The topological polar surface area (TPSA) is 13.0 Å². The van der Waals surface area contributed by atoms with Crippen LogP contribution in [0.1, 0.15) is 22.3 Å². The van der Waals surface area contributed by atoms with E-state index in [1.165, 1.54) is 107 Å². The van der Waals surface area contributed by atoms with Gasteiger partial charge in [-0.25, -0.2) is 0 Å². The molecule has 0 N–H and O–H groups in total. The second-order valence-electron chi connectivity index (χ2n) is 18.0. The van der Waals surface area contributed by atoms with Crippen LogP contribution < -0.4 is 19.6 Å². The molecular weight excluding hydrogens is 953 g/mol. The Morgan fingerprint density at radius 2 is 0.319 bits per heavy atom. The normalized spacial score (nSPS) is 13.4. The molecule has 10 aromatic carbocycles. The van der Waals surface area contributed by atoms with Gasteiger partial charge < -0.3 is 19.6 Å². The molecule has 4 aliphatic heterocycles. The fourth-order valence-electron chi connectivity index (χ4n) is 10.2. The zero-order valence-electron chi connectivity index (χ0n) is 39.3. The number of benzene rings is 10. The Labute approximate surface area is 439 Å². The first kappa shape index (κ1) is 44.7. The summed E-state index contributed by atoms with van der Waals surface area (Å²) in [6.07, 6.45) is 0. The van der Waals surface area contributed by atoms with Gasteiger partial charge in [-0.15, -0.1) is 0 Å². The van der Waals surface area contributed by atoms with Crippen LogP contribution in [0.15, 0.2) is 282 Å². The minimum atomic E-state index is 0.830. The highest BCUT2D eigenvalue weighted by Crippen LogP contribution is 2.53. The van der Waals surface area contributed by atoms with Crippen molar-refractivity contribution in [2.75, 3.05) is 19.6 Å². The molecule has 0 amide bonds. The summed E-state index contributed by atoms with van der Waals surface area (Å²) in [5, 5.41) is 0. The minimum Gasteiger partial charge on any atom is -0.335 e. The minimum absolute atomic E-state index is 0.830. The molecule has 0 aliphatic carbocycles. The predicted molar refractivity (Wildman–Crippen MR) is 304 cm³/mol. The van der Waals surface area contributed by atoms with Crippen LogP contribution in [0, 0.1) is 0 Å². The van der Waals surface area contributed by atoms with Gasteiger partial charge in [0.15, 0.2) is 0 Å². The van der Waals surface area contributed by atoms with Crippen LogP contribution in [-0.4, -0.2) is 0 Å². The van der Waals surface area contributed by atoms with E-state index in [0.29, 0.717) is 0 Å². The molecule has 0 aromatic heterocycles. The Morgan fingerprint density at radius 1 is 0.181 bits per heavy atom. The smallest absolute Gasteiger partial charge is 0.0556 e. The highest BCUT2D eigenvalue weighted by molar-refractivity contribution is 8.00. The maximum atomic E-state index is 2.48. The van der Waals surface area contributed by atoms with Gasteiger partial charge in [0.2, 0.25) is 0 Å². The number of fused-ring (bicyclic) bond motifs is 8. The summed E-state index contributed by atoms with van der Waals surface area (Å²) in [5.74, 6) is 0. The van der Waals surface area contributed by atoms with E-state index >= 15 is 0 Å². The lowest BCUT2D eigenvalue weighted by Gasteiger charge is -2.35. The van der Waals surface area contributed by atoms with Crippen molar-refractivity contribution in [3.8, 4) is 0 Å². The largest absolute Gasteiger partial charge is 0.335 e. The molecule has 0 unspecified atom stereocenters. The Bertz CT molecular complexity index is 2980. The van der Waals surface area contributed by atoms with E-state index < -0.39 is 0 Å². The Balaban J connectivity index is 0.000000140. The number of hydrogen-bond acceptors (Lipinski definition) is 8. The van der Waals surface area contributed by atoms with Crippen molar-refractivity contribution in [1.29, 1.82) is 0 Å². The Hall–Kier alpha value is -7.20. The lowest BCUT2D eigenvalue weighted by Crippen LogP contribution is -2.24. The van der Waals surface area contributed by atoms with Crippen molar-refractivity contribution in [3.05, 3.63) is 265 Å². The van der Waals surface area contributed by atoms with Crippen molar-refractivity contribution in [2.45, 2.75) is 65.3 Å². The van der Waals surface area contributed by atoms with Crippen molar-refractivity contribution in [1.82, 2.24) is 0 Å². The van der Waals surface area contributed by atoms with Gasteiger partial charge in [0.1, 0.15) is 0 Å². The predicted octanol–water partition coefficient (Wildman–Crippen LogP) is 18.6. The Morgan fingerprint density at radius 3 is 0.486 bits per heavy atom. The van der Waals surface area contributed by atoms with E-state index in [2.05, 4.69) is 262 Å². The standard InChI is InChI=1S/2C32H24N2S2/c2*1-2-12-24(22-34-27-15-5-9-19-31(27)36-32-20-10-6-16-28(32)34)23(11-1)21-33-25-13-3-7-17-29(25)35-30-18-8-4-14-26(30)33/h2*1-20H,21-22H2. The first-order valence-corrected chi connectivity index (χ1v) is 27.6. The van der Waals surface area contributed by atoms with Crippen LogP contribution in [0.2, 0.25) is 0 Å². The zero-order valence-corrected chi connectivity index (χ0v) is 42.6. The van der Waals surface area contributed by atoms with E-state index in [0.717, 1.165) is 26.2 Å². The summed E-state index contributed by atoms with van der Waals surface area (Å²) in [5.41, 5.74) is 15.6. The zero-order chi connectivity index (χ0) is 47.8. The van der Waals surface area contributed by atoms with Gasteiger partial charge in [0, 0.05) is 65.3 Å². The molecule has 0 bridgehead atoms. The molecule has 0 spiro atoms. The maximum absolute atomic E-state index is 2.48. The van der Waals surface area contributed by atoms with Gasteiger partial charge in [-0.1, -0.05) is 193 Å². The highest BCUT2D eigenvalue weighted by atomic mass is 32.2. The third-order valence-corrected chi connectivity index (χ3v) is 18.2. The summed E-state index contributed by atoms with van der Waals surface area (Å²) in [6.45, 7) is 3.32. The molecule has 4 nitrogen and oxygen atoms in total. The SMILES string of the molecule is c1ccc(CN2c3ccccc3Sc3ccccc32)c(CN2c3ccccc3Sc3ccccc32)c1.c1ccc(CN2c3ccccc3Sc3ccccc32)c(CN2c3ccccc3Sc3ccccc32)c1. The number of nitrogens with zero attached hydrogens (tertiary/aromatic N) is 4. The summed E-state index contributed by atoms with van der Waals surface area (Å²) in [7, 11) is 0. The van der Waals surface area contributed by atoms with Crippen LogP contribution in [0.5, 0.6) is 0 Å². The molecule has 348 valence electrons. The molecule has 10 aromatic rings.